The molecule has 8 nitrogen and oxygen atoms in total. The third-order valence-corrected chi connectivity index (χ3v) is 9.56. The SMILES string of the molecule is Cc1cc(C)c2oc(-c3ccc(-c4ccc(-c5cc6c(S(=O)(=O)O)c(C)cc(C)c6o5)cc4)cc3)cc2c1S(=O)(=O)O. The number of benzene rings is 4. The standard InChI is InChI=1S/C32H26O8S2/c1-17-13-19(3)31(41(33,34)35)25-15-27(39-29(17)25)23-9-5-21(6-10-23)22-7-11-24(12-8-22)28-16-26-30(40-28)18(2)14-20(4)32(26)42(36,37)38/h5-16H,1-4H3,(H,33,34,35)(H,36,37,38). The molecule has 0 atom stereocenters. The van der Waals surface area contributed by atoms with Gasteiger partial charge in [-0.25, -0.2) is 0 Å². The lowest BCUT2D eigenvalue weighted by Gasteiger charge is -2.05. The molecule has 4 aromatic carbocycles. The predicted molar refractivity (Wildman–Crippen MR) is 161 cm³/mol. The average molecular weight is 603 g/mol. The Balaban J connectivity index is 1.33. The molecule has 10 heteroatoms. The van der Waals surface area contributed by atoms with Crippen molar-refractivity contribution in [3.05, 3.63) is 95.1 Å². The zero-order valence-corrected chi connectivity index (χ0v) is 24.7. The summed E-state index contributed by atoms with van der Waals surface area (Å²) in [7, 11) is -8.87. The Morgan fingerprint density at radius 1 is 0.476 bits per heavy atom. The lowest BCUT2D eigenvalue weighted by Crippen LogP contribution is -2.02. The van der Waals surface area contributed by atoms with Crippen LogP contribution in [0.5, 0.6) is 0 Å². The summed E-state index contributed by atoms with van der Waals surface area (Å²) in [5, 5.41) is 0.675. The van der Waals surface area contributed by atoms with Gasteiger partial charge < -0.3 is 8.83 Å². The van der Waals surface area contributed by atoms with Crippen molar-refractivity contribution in [1.82, 2.24) is 0 Å². The number of aryl methyl sites for hydroxylation is 4. The summed E-state index contributed by atoms with van der Waals surface area (Å²) in [5.74, 6) is 0.954. The molecule has 0 bridgehead atoms. The molecule has 0 unspecified atom stereocenters. The summed E-state index contributed by atoms with van der Waals surface area (Å²) in [4.78, 5) is -0.308. The molecule has 0 fully saturated rings. The highest BCUT2D eigenvalue weighted by Gasteiger charge is 2.23. The molecule has 42 heavy (non-hydrogen) atoms. The molecule has 0 aliphatic rings. The first-order valence-corrected chi connectivity index (χ1v) is 15.8. The van der Waals surface area contributed by atoms with E-state index in [4.69, 9.17) is 8.83 Å². The van der Waals surface area contributed by atoms with Crippen molar-refractivity contribution in [3.8, 4) is 33.8 Å². The molecule has 2 heterocycles. The molecule has 0 aliphatic carbocycles. The smallest absolute Gasteiger partial charge is 0.295 e. The van der Waals surface area contributed by atoms with Crippen molar-refractivity contribution in [2.45, 2.75) is 37.5 Å². The second-order valence-electron chi connectivity index (χ2n) is 10.5. The van der Waals surface area contributed by atoms with E-state index >= 15 is 0 Å². The van der Waals surface area contributed by atoms with Crippen LogP contribution in [0.1, 0.15) is 22.3 Å². The Kier molecular flexibility index (Phi) is 6.43. The Hall–Kier alpha value is -4.22. The van der Waals surface area contributed by atoms with Gasteiger partial charge in [0.15, 0.2) is 0 Å². The zero-order valence-electron chi connectivity index (χ0n) is 23.1. The Bertz CT molecular complexity index is 2090. The molecule has 6 aromatic rings. The van der Waals surface area contributed by atoms with Crippen molar-refractivity contribution >= 4 is 42.2 Å². The predicted octanol–water partition coefficient (Wildman–Crippen LogP) is 7.91. The maximum atomic E-state index is 12.0. The van der Waals surface area contributed by atoms with Gasteiger partial charge >= 0.3 is 0 Å². The summed E-state index contributed by atoms with van der Waals surface area (Å²) >= 11 is 0. The Labute approximate surface area is 242 Å². The first-order valence-electron chi connectivity index (χ1n) is 13.0. The van der Waals surface area contributed by atoms with Gasteiger partial charge in [0.2, 0.25) is 0 Å². The fraction of sp³-hybridized carbons (Fsp3) is 0.125. The molecule has 6 rings (SSSR count). The van der Waals surface area contributed by atoms with E-state index < -0.39 is 20.2 Å². The average Bonchev–Trinajstić information content (AvgIpc) is 3.53. The van der Waals surface area contributed by atoms with E-state index in [2.05, 4.69) is 0 Å². The molecule has 0 radical (unpaired) electrons. The third kappa shape index (κ3) is 4.72. The topological polar surface area (TPSA) is 135 Å². The van der Waals surface area contributed by atoms with E-state index in [0.717, 1.165) is 33.4 Å². The molecule has 0 aliphatic heterocycles. The van der Waals surface area contributed by atoms with Crippen molar-refractivity contribution in [2.75, 3.05) is 0 Å². The summed E-state index contributed by atoms with van der Waals surface area (Å²) in [6, 6.07) is 21.8. The molecule has 0 spiro atoms. The molecule has 214 valence electrons. The maximum Gasteiger partial charge on any atom is 0.295 e. The fourth-order valence-corrected chi connectivity index (χ4v) is 7.46. The van der Waals surface area contributed by atoms with Gasteiger partial charge in [0, 0.05) is 21.9 Å². The van der Waals surface area contributed by atoms with Gasteiger partial charge in [0.1, 0.15) is 32.5 Å². The van der Waals surface area contributed by atoms with E-state index in [9.17, 15) is 25.9 Å². The monoisotopic (exact) mass is 602 g/mol. The van der Waals surface area contributed by atoms with Crippen molar-refractivity contribution < 1.29 is 34.8 Å². The van der Waals surface area contributed by atoms with Crippen LogP contribution in [0.25, 0.3) is 55.7 Å². The molecule has 0 saturated heterocycles. The molecule has 0 amide bonds. The Morgan fingerprint density at radius 2 is 0.786 bits per heavy atom. The third-order valence-electron chi connectivity index (χ3n) is 7.44. The molecule has 2 aromatic heterocycles. The minimum absolute atomic E-state index is 0.154. The van der Waals surface area contributed by atoms with E-state index in [1.807, 2.05) is 62.4 Å². The van der Waals surface area contributed by atoms with Crippen LogP contribution in [0.2, 0.25) is 0 Å². The summed E-state index contributed by atoms with van der Waals surface area (Å²) in [5.41, 5.74) is 6.57. The van der Waals surface area contributed by atoms with Crippen LogP contribution in [0.3, 0.4) is 0 Å². The second kappa shape index (κ2) is 9.67. The van der Waals surface area contributed by atoms with Crippen LogP contribution in [-0.2, 0) is 20.2 Å². The highest BCUT2D eigenvalue weighted by Crippen LogP contribution is 2.38. The lowest BCUT2D eigenvalue weighted by molar-refractivity contribution is 0.481. The van der Waals surface area contributed by atoms with Crippen LogP contribution in [0.4, 0.5) is 0 Å². The minimum atomic E-state index is -4.44. The van der Waals surface area contributed by atoms with E-state index in [0.29, 0.717) is 44.6 Å². The summed E-state index contributed by atoms with van der Waals surface area (Å²) < 4.78 is 79.8. The van der Waals surface area contributed by atoms with Crippen LogP contribution in [-0.4, -0.2) is 25.9 Å². The second-order valence-corrected chi connectivity index (χ2v) is 13.2. The highest BCUT2D eigenvalue weighted by molar-refractivity contribution is 7.86. The van der Waals surface area contributed by atoms with Gasteiger partial charge in [-0.1, -0.05) is 60.7 Å². The van der Waals surface area contributed by atoms with Gasteiger partial charge in [-0.2, -0.15) is 16.8 Å². The van der Waals surface area contributed by atoms with Crippen molar-refractivity contribution in [1.29, 1.82) is 0 Å². The van der Waals surface area contributed by atoms with Crippen LogP contribution in [0.15, 0.2) is 91.4 Å². The highest BCUT2D eigenvalue weighted by atomic mass is 32.2. The van der Waals surface area contributed by atoms with Gasteiger partial charge in [0.25, 0.3) is 20.2 Å². The first-order chi connectivity index (χ1) is 19.7. The number of fused-ring (bicyclic) bond motifs is 2. The van der Waals surface area contributed by atoms with Crippen LogP contribution >= 0.6 is 0 Å². The number of furan rings is 2. The molecule has 2 N–H and O–H groups in total. The van der Waals surface area contributed by atoms with Gasteiger partial charge in [-0.05, 0) is 73.2 Å². The zero-order chi connectivity index (χ0) is 30.1. The molecule has 0 saturated carbocycles. The largest absolute Gasteiger partial charge is 0.456 e. The first kappa shape index (κ1) is 27.9. The number of hydrogen-bond acceptors (Lipinski definition) is 6. The molecular formula is C32H26O8S2. The van der Waals surface area contributed by atoms with E-state index in [1.54, 1.807) is 38.1 Å². The lowest BCUT2D eigenvalue weighted by atomic mass is 10.0. The summed E-state index contributed by atoms with van der Waals surface area (Å²) in [6.45, 7) is 6.92. The van der Waals surface area contributed by atoms with Crippen molar-refractivity contribution in [3.63, 3.8) is 0 Å². The van der Waals surface area contributed by atoms with E-state index in [-0.39, 0.29) is 9.79 Å². The Morgan fingerprint density at radius 3 is 1.10 bits per heavy atom. The number of hydrogen-bond donors (Lipinski definition) is 2. The summed E-state index contributed by atoms with van der Waals surface area (Å²) in [6.07, 6.45) is 0. The van der Waals surface area contributed by atoms with Crippen molar-refractivity contribution in [2.24, 2.45) is 0 Å². The maximum absolute atomic E-state index is 12.0. The molecular weight excluding hydrogens is 576 g/mol. The van der Waals surface area contributed by atoms with Gasteiger partial charge in [0.05, 0.1) is 0 Å². The minimum Gasteiger partial charge on any atom is -0.456 e. The quantitative estimate of drug-likeness (QED) is 0.190. The normalized spacial score (nSPS) is 12.4. The number of rotatable bonds is 5. The van der Waals surface area contributed by atoms with Gasteiger partial charge in [-0.15, -0.1) is 0 Å². The van der Waals surface area contributed by atoms with Crippen LogP contribution < -0.4 is 0 Å². The van der Waals surface area contributed by atoms with E-state index in [1.165, 1.54) is 0 Å². The van der Waals surface area contributed by atoms with Crippen LogP contribution in [0, 0.1) is 27.7 Å². The fourth-order valence-electron chi connectivity index (χ4n) is 5.66. The van der Waals surface area contributed by atoms with Gasteiger partial charge in [-0.3, -0.25) is 9.11 Å².